The van der Waals surface area contributed by atoms with Crippen LogP contribution in [0.2, 0.25) is 0 Å². The number of hydrogen-bond acceptors (Lipinski definition) is 3. The van der Waals surface area contributed by atoms with Gasteiger partial charge in [-0.05, 0) is 73.4 Å². The molecule has 5 nitrogen and oxygen atoms in total. The topological polar surface area (TPSA) is 61.4 Å². The van der Waals surface area contributed by atoms with Gasteiger partial charge in [-0.3, -0.25) is 15.0 Å². The molecular weight excluding hydrogens is 405 g/mol. The minimum absolute atomic E-state index is 0.0198. The fourth-order valence-corrected chi connectivity index (χ4v) is 5.63. The summed E-state index contributed by atoms with van der Waals surface area (Å²) in [5.74, 6) is 0.215. The summed E-state index contributed by atoms with van der Waals surface area (Å²) in [7, 11) is 0. The molecule has 3 atom stereocenters. The molecule has 2 aromatic rings. The van der Waals surface area contributed by atoms with Gasteiger partial charge in [0.05, 0.1) is 0 Å². The largest absolute Gasteiger partial charge is 0.339 e. The van der Waals surface area contributed by atoms with Crippen LogP contribution in [-0.4, -0.2) is 35.8 Å². The van der Waals surface area contributed by atoms with Gasteiger partial charge in [0.1, 0.15) is 5.82 Å². The van der Waals surface area contributed by atoms with Gasteiger partial charge in [-0.15, -0.1) is 0 Å². The second-order valence-electron chi connectivity index (χ2n) is 9.39. The number of benzene rings is 2. The highest BCUT2D eigenvalue weighted by Crippen LogP contribution is 2.36. The van der Waals surface area contributed by atoms with E-state index in [0.29, 0.717) is 17.0 Å². The van der Waals surface area contributed by atoms with Gasteiger partial charge in [-0.25, -0.2) is 9.82 Å². The lowest BCUT2D eigenvalue weighted by Gasteiger charge is -2.41. The molecule has 2 amide bonds. The van der Waals surface area contributed by atoms with Crippen molar-refractivity contribution in [2.75, 3.05) is 13.1 Å². The van der Waals surface area contributed by atoms with Crippen molar-refractivity contribution in [2.24, 2.45) is 11.8 Å². The highest BCUT2D eigenvalue weighted by molar-refractivity contribution is 5.95. The molecule has 3 fully saturated rings. The maximum atomic E-state index is 14.8. The third-order valence-corrected chi connectivity index (χ3v) is 7.35. The zero-order valence-corrected chi connectivity index (χ0v) is 18.3. The van der Waals surface area contributed by atoms with E-state index >= 15 is 0 Å². The number of hydrazine groups is 1. The van der Waals surface area contributed by atoms with Crippen LogP contribution in [0.3, 0.4) is 0 Å². The van der Waals surface area contributed by atoms with Crippen LogP contribution in [-0.2, 0) is 11.2 Å². The van der Waals surface area contributed by atoms with Crippen LogP contribution in [0.25, 0.3) is 11.1 Å². The Morgan fingerprint density at radius 3 is 2.69 bits per heavy atom. The summed E-state index contributed by atoms with van der Waals surface area (Å²) in [5.41, 5.74) is 8.91. The van der Waals surface area contributed by atoms with Crippen LogP contribution in [0.1, 0.15) is 54.4 Å². The van der Waals surface area contributed by atoms with E-state index in [9.17, 15) is 14.0 Å². The van der Waals surface area contributed by atoms with E-state index in [4.69, 9.17) is 0 Å². The first-order chi connectivity index (χ1) is 15.6. The smallest absolute Gasteiger partial charge is 0.253 e. The van der Waals surface area contributed by atoms with Crippen LogP contribution in [0.4, 0.5) is 4.39 Å². The minimum Gasteiger partial charge on any atom is -0.339 e. The summed E-state index contributed by atoms with van der Waals surface area (Å²) in [6, 6.07) is 12.7. The molecule has 0 aromatic heterocycles. The van der Waals surface area contributed by atoms with Crippen LogP contribution >= 0.6 is 0 Å². The van der Waals surface area contributed by atoms with Crippen LogP contribution in [0, 0.1) is 17.7 Å². The van der Waals surface area contributed by atoms with Gasteiger partial charge in [0.25, 0.3) is 5.91 Å². The second-order valence-corrected chi connectivity index (χ2v) is 9.39. The number of hydrogen-bond donors (Lipinski definition) is 2. The van der Waals surface area contributed by atoms with Crippen LogP contribution in [0.15, 0.2) is 42.5 Å². The highest BCUT2D eigenvalue weighted by Gasteiger charge is 2.39. The average molecular weight is 436 g/mol. The van der Waals surface area contributed by atoms with Crippen molar-refractivity contribution in [1.82, 2.24) is 15.8 Å². The number of amides is 2. The lowest BCUT2D eigenvalue weighted by atomic mass is 9.72. The van der Waals surface area contributed by atoms with Gasteiger partial charge in [0, 0.05) is 36.2 Å². The van der Waals surface area contributed by atoms with E-state index in [1.165, 1.54) is 6.07 Å². The predicted molar refractivity (Wildman–Crippen MR) is 121 cm³/mol. The number of nitrogens with one attached hydrogen (secondary N) is 2. The molecule has 1 saturated carbocycles. The number of nitrogens with zero attached hydrogens (tertiary/aromatic N) is 1. The fraction of sp³-hybridized carbons (Fsp3) is 0.462. The van der Waals surface area contributed by atoms with Gasteiger partial charge in [-0.2, -0.15) is 0 Å². The normalized spacial score (nSPS) is 25.3. The molecule has 1 aliphatic carbocycles. The molecule has 2 N–H and O–H groups in total. The summed E-state index contributed by atoms with van der Waals surface area (Å²) in [6.07, 6.45) is 7.06. The Labute approximate surface area is 188 Å². The molecule has 168 valence electrons. The molecule has 2 saturated heterocycles. The minimum atomic E-state index is -0.292. The molecule has 3 aliphatic rings. The molecule has 32 heavy (non-hydrogen) atoms. The Bertz CT molecular complexity index is 1020. The molecule has 5 rings (SSSR count). The summed E-state index contributed by atoms with van der Waals surface area (Å²) in [5, 5.41) is 0. The lowest BCUT2D eigenvalue weighted by molar-refractivity contribution is -0.133. The predicted octanol–water partition coefficient (Wildman–Crippen LogP) is 4.08. The maximum absolute atomic E-state index is 14.8. The number of fused-ring (bicyclic) bond motifs is 1. The summed E-state index contributed by atoms with van der Waals surface area (Å²) in [6.45, 7) is 1.58. The Morgan fingerprint density at radius 1 is 1.03 bits per heavy atom. The molecule has 2 aromatic carbocycles. The monoisotopic (exact) mass is 435 g/mol. The number of likely N-dealkylation sites (tertiary alicyclic amines) is 1. The SMILES string of the molecule is O=C1NNC(Cc2ccc(F)c(-c3cccc(C(=O)N4CCCC4)c3)c2)C2CCCCC12. The van der Waals surface area contributed by atoms with Gasteiger partial charge in [0.2, 0.25) is 5.91 Å². The van der Waals surface area contributed by atoms with Gasteiger partial charge < -0.3 is 4.90 Å². The molecule has 0 spiro atoms. The first-order valence-corrected chi connectivity index (χ1v) is 11.8. The van der Waals surface area contributed by atoms with Crippen molar-refractivity contribution in [3.8, 4) is 11.1 Å². The van der Waals surface area contributed by atoms with Crippen molar-refractivity contribution < 1.29 is 14.0 Å². The maximum Gasteiger partial charge on any atom is 0.253 e. The molecule has 2 heterocycles. The van der Waals surface area contributed by atoms with Crippen molar-refractivity contribution in [3.05, 3.63) is 59.4 Å². The Balaban J connectivity index is 1.38. The Morgan fingerprint density at radius 2 is 1.84 bits per heavy atom. The fourth-order valence-electron chi connectivity index (χ4n) is 5.63. The van der Waals surface area contributed by atoms with E-state index in [1.807, 2.05) is 35.2 Å². The van der Waals surface area contributed by atoms with Crippen molar-refractivity contribution in [1.29, 1.82) is 0 Å². The number of rotatable bonds is 4. The van der Waals surface area contributed by atoms with Crippen LogP contribution < -0.4 is 10.9 Å². The molecule has 6 heteroatoms. The van der Waals surface area contributed by atoms with Gasteiger partial charge in [0.15, 0.2) is 0 Å². The number of carbonyl (C=O) groups excluding carboxylic acids is 2. The zero-order valence-electron chi connectivity index (χ0n) is 18.3. The van der Waals surface area contributed by atoms with E-state index in [-0.39, 0.29) is 29.6 Å². The van der Waals surface area contributed by atoms with E-state index < -0.39 is 0 Å². The summed E-state index contributed by atoms with van der Waals surface area (Å²) >= 11 is 0. The summed E-state index contributed by atoms with van der Waals surface area (Å²) in [4.78, 5) is 26.9. The Kier molecular flexibility index (Phi) is 5.96. The number of halogens is 1. The van der Waals surface area contributed by atoms with Gasteiger partial charge >= 0.3 is 0 Å². The lowest BCUT2D eigenvalue weighted by Crippen LogP contribution is -2.60. The molecular formula is C26H30FN3O2. The average Bonchev–Trinajstić information content (AvgIpc) is 3.37. The van der Waals surface area contributed by atoms with Crippen molar-refractivity contribution >= 4 is 11.8 Å². The van der Waals surface area contributed by atoms with E-state index in [2.05, 4.69) is 10.9 Å². The third-order valence-electron chi connectivity index (χ3n) is 7.35. The zero-order chi connectivity index (χ0) is 22.1. The highest BCUT2D eigenvalue weighted by atomic mass is 19.1. The first-order valence-electron chi connectivity index (χ1n) is 11.8. The molecule has 0 radical (unpaired) electrons. The third kappa shape index (κ3) is 4.16. The quantitative estimate of drug-likeness (QED) is 0.761. The van der Waals surface area contributed by atoms with Crippen LogP contribution in [0.5, 0.6) is 0 Å². The summed E-state index contributed by atoms with van der Waals surface area (Å²) < 4.78 is 14.8. The van der Waals surface area contributed by atoms with Crippen molar-refractivity contribution in [3.63, 3.8) is 0 Å². The first kappa shape index (κ1) is 21.1. The molecule has 0 bridgehead atoms. The van der Waals surface area contributed by atoms with Crippen molar-refractivity contribution in [2.45, 2.75) is 51.0 Å². The molecule has 3 unspecified atom stereocenters. The second kappa shape index (κ2) is 9.02. The number of carbonyl (C=O) groups is 2. The van der Waals surface area contributed by atoms with E-state index in [1.54, 1.807) is 6.07 Å². The Hall–Kier alpha value is -2.73. The van der Waals surface area contributed by atoms with Gasteiger partial charge in [-0.1, -0.05) is 31.0 Å². The van der Waals surface area contributed by atoms with E-state index in [0.717, 1.165) is 69.2 Å². The standard InChI is InChI=1S/C26H30FN3O2/c27-23-11-10-17(15-24-20-8-1-2-9-21(20)25(31)29-28-24)14-22(23)18-6-5-7-19(16-18)26(32)30-12-3-4-13-30/h5-7,10-11,14,16,20-21,24,28H,1-4,8-9,12-13,15H2,(H,29,31). The molecule has 2 aliphatic heterocycles.